The van der Waals surface area contributed by atoms with Crippen molar-refractivity contribution in [3.05, 3.63) is 55.8 Å². The molecule has 0 aliphatic carbocycles. The van der Waals surface area contributed by atoms with E-state index in [1.54, 1.807) is 23.3 Å². The number of nitro benzene ring substituents is 1. The summed E-state index contributed by atoms with van der Waals surface area (Å²) in [7, 11) is 3.03. The Bertz CT molecular complexity index is 711. The first kappa shape index (κ1) is 16.0. The number of hydrogen-bond acceptors (Lipinski definition) is 5. The molecule has 1 aromatic heterocycles. The number of ether oxygens (including phenoxy) is 1. The van der Waals surface area contributed by atoms with E-state index in [1.807, 2.05) is 18.4 Å². The quantitative estimate of drug-likeness (QED) is 0.626. The smallest absolute Gasteiger partial charge is 0.311 e. The van der Waals surface area contributed by atoms with E-state index in [4.69, 9.17) is 4.74 Å². The van der Waals surface area contributed by atoms with E-state index in [0.717, 1.165) is 10.4 Å². The first-order valence-electron chi connectivity index (χ1n) is 6.55. The molecule has 1 aromatic carbocycles. The average molecular weight is 320 g/mol. The molecule has 0 atom stereocenters. The van der Waals surface area contributed by atoms with E-state index in [-0.39, 0.29) is 22.9 Å². The number of benzene rings is 1. The fourth-order valence-electron chi connectivity index (χ4n) is 2.04. The minimum atomic E-state index is -0.557. The Morgan fingerprint density at radius 1 is 1.41 bits per heavy atom. The van der Waals surface area contributed by atoms with E-state index in [2.05, 4.69) is 0 Å². The third-order valence-corrected chi connectivity index (χ3v) is 4.33. The molecule has 22 heavy (non-hydrogen) atoms. The van der Waals surface area contributed by atoms with Gasteiger partial charge >= 0.3 is 5.69 Å². The highest BCUT2D eigenvalue weighted by Gasteiger charge is 2.20. The van der Waals surface area contributed by atoms with Gasteiger partial charge in [0.15, 0.2) is 5.75 Å². The summed E-state index contributed by atoms with van der Waals surface area (Å²) in [5.74, 6) is -0.128. The molecule has 1 amide bonds. The monoisotopic (exact) mass is 320 g/mol. The normalized spacial score (nSPS) is 10.3. The van der Waals surface area contributed by atoms with Crippen LogP contribution in [0.5, 0.6) is 5.75 Å². The molecule has 0 aliphatic heterocycles. The SMILES string of the molecule is COc1ccc(C(=O)N(C)Cc2sccc2C)cc1[N+](=O)[O-]. The molecule has 0 N–H and O–H groups in total. The molecule has 0 fully saturated rings. The van der Waals surface area contributed by atoms with Crippen molar-refractivity contribution in [3.8, 4) is 5.75 Å². The lowest BCUT2D eigenvalue weighted by atomic mass is 10.1. The molecule has 6 nitrogen and oxygen atoms in total. The van der Waals surface area contributed by atoms with Crippen LogP contribution in [0.2, 0.25) is 0 Å². The standard InChI is InChI=1S/C15H16N2O4S/c1-10-6-7-22-14(10)9-16(2)15(18)11-4-5-13(21-3)12(8-11)17(19)20/h4-8H,9H2,1-3H3. The maximum Gasteiger partial charge on any atom is 0.311 e. The summed E-state index contributed by atoms with van der Waals surface area (Å²) >= 11 is 1.58. The van der Waals surface area contributed by atoms with Crippen LogP contribution in [0.4, 0.5) is 5.69 Å². The predicted octanol–water partition coefficient (Wildman–Crippen LogP) is 3.25. The molecule has 7 heteroatoms. The van der Waals surface area contributed by atoms with Crippen molar-refractivity contribution in [1.82, 2.24) is 4.90 Å². The van der Waals surface area contributed by atoms with Crippen molar-refractivity contribution in [1.29, 1.82) is 0 Å². The number of nitro groups is 1. The van der Waals surface area contributed by atoms with Crippen LogP contribution in [-0.2, 0) is 6.54 Å². The molecule has 0 saturated carbocycles. The summed E-state index contributed by atoms with van der Waals surface area (Å²) < 4.78 is 4.94. The summed E-state index contributed by atoms with van der Waals surface area (Å²) in [6, 6.07) is 6.22. The zero-order chi connectivity index (χ0) is 16.3. The van der Waals surface area contributed by atoms with Crippen molar-refractivity contribution in [2.45, 2.75) is 13.5 Å². The second-order valence-electron chi connectivity index (χ2n) is 4.83. The largest absolute Gasteiger partial charge is 0.490 e. The number of carbonyl (C=O) groups is 1. The summed E-state index contributed by atoms with van der Waals surface area (Å²) in [5, 5.41) is 13.0. The predicted molar refractivity (Wildman–Crippen MR) is 84.5 cm³/mol. The molecule has 0 bridgehead atoms. The zero-order valence-corrected chi connectivity index (χ0v) is 13.3. The number of nitrogens with zero attached hydrogens (tertiary/aromatic N) is 2. The third-order valence-electron chi connectivity index (χ3n) is 3.32. The lowest BCUT2D eigenvalue weighted by Crippen LogP contribution is -2.26. The summed E-state index contributed by atoms with van der Waals surface area (Å²) in [5.41, 5.74) is 1.18. The fraction of sp³-hybridized carbons (Fsp3) is 0.267. The van der Waals surface area contributed by atoms with Crippen molar-refractivity contribution >= 4 is 22.9 Å². The zero-order valence-electron chi connectivity index (χ0n) is 12.5. The van der Waals surface area contributed by atoms with Crippen LogP contribution in [-0.4, -0.2) is 29.9 Å². The Hall–Kier alpha value is -2.41. The number of amides is 1. The second-order valence-corrected chi connectivity index (χ2v) is 5.83. The Morgan fingerprint density at radius 3 is 2.68 bits per heavy atom. The van der Waals surface area contributed by atoms with E-state index >= 15 is 0 Å². The molecule has 0 aliphatic rings. The van der Waals surface area contributed by atoms with Crippen LogP contribution in [0.1, 0.15) is 20.8 Å². The molecule has 1 heterocycles. The summed E-state index contributed by atoms with van der Waals surface area (Å²) in [6.07, 6.45) is 0. The Kier molecular flexibility index (Phi) is 4.77. The lowest BCUT2D eigenvalue weighted by Gasteiger charge is -2.17. The lowest BCUT2D eigenvalue weighted by molar-refractivity contribution is -0.385. The van der Waals surface area contributed by atoms with Gasteiger partial charge in [-0.25, -0.2) is 0 Å². The van der Waals surface area contributed by atoms with Gasteiger partial charge in [0.2, 0.25) is 0 Å². The molecule has 0 saturated heterocycles. The summed E-state index contributed by atoms with van der Waals surface area (Å²) in [4.78, 5) is 25.5. The number of rotatable bonds is 5. The van der Waals surface area contributed by atoms with E-state index in [1.165, 1.54) is 25.3 Å². The first-order chi connectivity index (χ1) is 10.4. The van der Waals surface area contributed by atoms with Gasteiger partial charge in [-0.3, -0.25) is 14.9 Å². The molecule has 2 aromatic rings. The minimum Gasteiger partial charge on any atom is -0.490 e. The number of hydrogen-bond donors (Lipinski definition) is 0. The van der Waals surface area contributed by atoms with Crippen LogP contribution in [0.15, 0.2) is 29.6 Å². The van der Waals surface area contributed by atoms with Gasteiger partial charge in [0.25, 0.3) is 5.91 Å². The molecular formula is C15H16N2O4S. The third kappa shape index (κ3) is 3.25. The van der Waals surface area contributed by atoms with Crippen molar-refractivity contribution in [2.24, 2.45) is 0 Å². The van der Waals surface area contributed by atoms with E-state index < -0.39 is 4.92 Å². The van der Waals surface area contributed by atoms with Gasteiger partial charge in [-0.05, 0) is 36.1 Å². The first-order valence-corrected chi connectivity index (χ1v) is 7.43. The van der Waals surface area contributed by atoms with Gasteiger partial charge in [0.1, 0.15) is 0 Å². The maximum absolute atomic E-state index is 12.4. The van der Waals surface area contributed by atoms with Crippen molar-refractivity contribution in [2.75, 3.05) is 14.2 Å². The molecule has 0 unspecified atom stereocenters. The number of methoxy groups -OCH3 is 1. The molecule has 0 spiro atoms. The van der Waals surface area contributed by atoms with Crippen molar-refractivity contribution < 1.29 is 14.5 Å². The van der Waals surface area contributed by atoms with Gasteiger partial charge in [-0.2, -0.15) is 0 Å². The summed E-state index contributed by atoms with van der Waals surface area (Å²) in [6.45, 7) is 2.46. The van der Waals surface area contributed by atoms with Gasteiger partial charge in [-0.15, -0.1) is 11.3 Å². The number of carbonyl (C=O) groups excluding carboxylic acids is 1. The van der Waals surface area contributed by atoms with Crippen LogP contribution < -0.4 is 4.74 Å². The highest BCUT2D eigenvalue weighted by Crippen LogP contribution is 2.28. The maximum atomic E-state index is 12.4. The van der Waals surface area contributed by atoms with Crippen molar-refractivity contribution in [3.63, 3.8) is 0 Å². The average Bonchev–Trinajstić information content (AvgIpc) is 2.90. The Morgan fingerprint density at radius 2 is 2.14 bits per heavy atom. The molecule has 116 valence electrons. The Balaban J connectivity index is 2.23. The van der Waals surface area contributed by atoms with E-state index in [9.17, 15) is 14.9 Å². The highest BCUT2D eigenvalue weighted by molar-refractivity contribution is 7.10. The number of thiophene rings is 1. The molecule has 2 rings (SSSR count). The van der Waals surface area contributed by atoms with Gasteiger partial charge < -0.3 is 9.64 Å². The van der Waals surface area contributed by atoms with Gasteiger partial charge in [0, 0.05) is 23.6 Å². The van der Waals surface area contributed by atoms with Gasteiger partial charge in [-0.1, -0.05) is 0 Å². The van der Waals surface area contributed by atoms with Gasteiger partial charge in [0.05, 0.1) is 18.6 Å². The van der Waals surface area contributed by atoms with Crippen LogP contribution in [0, 0.1) is 17.0 Å². The van der Waals surface area contributed by atoms with E-state index in [0.29, 0.717) is 6.54 Å². The topological polar surface area (TPSA) is 72.7 Å². The Labute approximate surface area is 132 Å². The van der Waals surface area contributed by atoms with Crippen LogP contribution >= 0.6 is 11.3 Å². The highest BCUT2D eigenvalue weighted by atomic mass is 32.1. The number of aryl methyl sites for hydroxylation is 1. The van der Waals surface area contributed by atoms with Crippen LogP contribution in [0.3, 0.4) is 0 Å². The molecular weight excluding hydrogens is 304 g/mol. The minimum absolute atomic E-state index is 0.137. The molecule has 0 radical (unpaired) electrons. The van der Waals surface area contributed by atoms with Crippen LogP contribution in [0.25, 0.3) is 0 Å². The second kappa shape index (κ2) is 6.57. The fourth-order valence-corrected chi connectivity index (χ4v) is 3.00.